The van der Waals surface area contributed by atoms with Crippen molar-refractivity contribution in [3.05, 3.63) is 59.9 Å². The average Bonchev–Trinajstić information content (AvgIpc) is 2.46. The number of carbonyl (C=O) groups is 1. The summed E-state index contributed by atoms with van der Waals surface area (Å²) in [6.07, 6.45) is 0. The van der Waals surface area contributed by atoms with Crippen molar-refractivity contribution in [1.82, 2.24) is 5.32 Å². The molecule has 2 aromatic carbocycles. The molecule has 0 radical (unpaired) electrons. The standard InChI is InChI=1S/C16H18FN3O/c1-2-18-11-12-6-3-4-9-15(12)20-16(21)19-14-8-5-7-13(17)10-14/h3-10,18H,2,11H2,1H3,(H2,19,20,21). The van der Waals surface area contributed by atoms with Crippen LogP contribution in [-0.2, 0) is 6.54 Å². The molecular weight excluding hydrogens is 269 g/mol. The minimum atomic E-state index is -0.399. The number of hydrogen-bond acceptors (Lipinski definition) is 2. The van der Waals surface area contributed by atoms with Gasteiger partial charge in [0.25, 0.3) is 0 Å². The third-order valence-corrected chi connectivity index (χ3v) is 2.91. The van der Waals surface area contributed by atoms with Crippen LogP contribution in [0.1, 0.15) is 12.5 Å². The molecule has 3 N–H and O–H groups in total. The van der Waals surface area contributed by atoms with Crippen LogP contribution in [0.3, 0.4) is 0 Å². The van der Waals surface area contributed by atoms with Crippen LogP contribution in [0.2, 0.25) is 0 Å². The van der Waals surface area contributed by atoms with Gasteiger partial charge in [-0.2, -0.15) is 0 Å². The summed E-state index contributed by atoms with van der Waals surface area (Å²) in [5.74, 6) is -0.389. The van der Waals surface area contributed by atoms with Crippen molar-refractivity contribution in [1.29, 1.82) is 0 Å². The first kappa shape index (κ1) is 15.0. The highest BCUT2D eigenvalue weighted by Gasteiger charge is 2.06. The zero-order chi connectivity index (χ0) is 15.1. The molecule has 0 atom stereocenters. The molecular formula is C16H18FN3O. The smallest absolute Gasteiger partial charge is 0.313 e. The molecule has 0 aliphatic carbocycles. The van der Waals surface area contributed by atoms with E-state index in [1.165, 1.54) is 12.1 Å². The average molecular weight is 287 g/mol. The lowest BCUT2D eigenvalue weighted by Crippen LogP contribution is -2.21. The van der Waals surface area contributed by atoms with Gasteiger partial charge in [-0.25, -0.2) is 9.18 Å². The lowest BCUT2D eigenvalue weighted by Gasteiger charge is -2.12. The summed E-state index contributed by atoms with van der Waals surface area (Å²) in [5.41, 5.74) is 2.14. The highest BCUT2D eigenvalue weighted by atomic mass is 19.1. The number of anilines is 2. The van der Waals surface area contributed by atoms with Crippen LogP contribution in [0, 0.1) is 5.82 Å². The molecule has 110 valence electrons. The molecule has 0 unspecified atom stereocenters. The Morgan fingerprint density at radius 3 is 2.67 bits per heavy atom. The van der Waals surface area contributed by atoms with Gasteiger partial charge in [0.15, 0.2) is 0 Å². The molecule has 0 spiro atoms. The SMILES string of the molecule is CCNCc1ccccc1NC(=O)Nc1cccc(F)c1. The van der Waals surface area contributed by atoms with Crippen LogP contribution in [0.4, 0.5) is 20.6 Å². The van der Waals surface area contributed by atoms with E-state index in [-0.39, 0.29) is 5.82 Å². The Hall–Kier alpha value is -2.40. The number of rotatable bonds is 5. The third kappa shape index (κ3) is 4.57. The van der Waals surface area contributed by atoms with Gasteiger partial charge in [0.2, 0.25) is 0 Å². The van der Waals surface area contributed by atoms with Gasteiger partial charge in [0.05, 0.1) is 0 Å². The minimum Gasteiger partial charge on any atom is -0.313 e. The Morgan fingerprint density at radius 1 is 1.10 bits per heavy atom. The van der Waals surface area contributed by atoms with Gasteiger partial charge in [-0.1, -0.05) is 31.2 Å². The van der Waals surface area contributed by atoms with Gasteiger partial charge in [-0.05, 0) is 36.4 Å². The Labute approximate surface area is 123 Å². The van der Waals surface area contributed by atoms with Crippen molar-refractivity contribution in [2.75, 3.05) is 17.2 Å². The molecule has 0 aromatic heterocycles. The van der Waals surface area contributed by atoms with E-state index in [9.17, 15) is 9.18 Å². The Bertz CT molecular complexity index is 616. The second-order valence-corrected chi connectivity index (χ2v) is 4.53. The largest absolute Gasteiger partial charge is 0.323 e. The molecule has 0 bridgehead atoms. The molecule has 5 heteroatoms. The summed E-state index contributed by atoms with van der Waals surface area (Å²) in [7, 11) is 0. The second-order valence-electron chi connectivity index (χ2n) is 4.53. The maximum absolute atomic E-state index is 13.1. The number of para-hydroxylation sites is 1. The quantitative estimate of drug-likeness (QED) is 0.787. The molecule has 0 saturated heterocycles. The zero-order valence-corrected chi connectivity index (χ0v) is 11.8. The number of amides is 2. The maximum Gasteiger partial charge on any atom is 0.323 e. The first-order valence-electron chi connectivity index (χ1n) is 6.81. The van der Waals surface area contributed by atoms with Crippen molar-refractivity contribution in [3.63, 3.8) is 0 Å². The fourth-order valence-corrected chi connectivity index (χ4v) is 1.91. The third-order valence-electron chi connectivity index (χ3n) is 2.91. The van der Waals surface area contributed by atoms with Crippen LogP contribution in [0.5, 0.6) is 0 Å². The number of benzene rings is 2. The number of carbonyl (C=O) groups excluding carboxylic acids is 1. The normalized spacial score (nSPS) is 10.2. The lowest BCUT2D eigenvalue weighted by atomic mass is 10.2. The molecule has 21 heavy (non-hydrogen) atoms. The number of hydrogen-bond donors (Lipinski definition) is 3. The van der Waals surface area contributed by atoms with Gasteiger partial charge in [-0.3, -0.25) is 0 Å². The monoisotopic (exact) mass is 287 g/mol. The molecule has 0 saturated carbocycles. The van der Waals surface area contributed by atoms with E-state index in [1.807, 2.05) is 31.2 Å². The molecule has 0 fully saturated rings. The van der Waals surface area contributed by atoms with E-state index in [0.717, 1.165) is 17.8 Å². The van der Waals surface area contributed by atoms with Crippen molar-refractivity contribution >= 4 is 17.4 Å². The molecule has 2 aromatic rings. The van der Waals surface area contributed by atoms with Crippen LogP contribution in [0.25, 0.3) is 0 Å². The summed E-state index contributed by atoms with van der Waals surface area (Å²) in [6.45, 7) is 3.55. The van der Waals surface area contributed by atoms with Crippen LogP contribution in [0.15, 0.2) is 48.5 Å². The zero-order valence-electron chi connectivity index (χ0n) is 11.8. The first-order valence-corrected chi connectivity index (χ1v) is 6.81. The highest BCUT2D eigenvalue weighted by Crippen LogP contribution is 2.16. The Balaban J connectivity index is 2.02. The van der Waals surface area contributed by atoms with Gasteiger partial charge >= 0.3 is 6.03 Å². The predicted molar refractivity (Wildman–Crippen MR) is 82.9 cm³/mol. The number of halogens is 1. The molecule has 0 aliphatic rings. The van der Waals surface area contributed by atoms with Crippen molar-refractivity contribution < 1.29 is 9.18 Å². The van der Waals surface area contributed by atoms with Crippen LogP contribution < -0.4 is 16.0 Å². The van der Waals surface area contributed by atoms with Gasteiger partial charge < -0.3 is 16.0 Å². The molecule has 0 aliphatic heterocycles. The van der Waals surface area contributed by atoms with E-state index in [1.54, 1.807) is 12.1 Å². The molecule has 2 rings (SSSR count). The Morgan fingerprint density at radius 2 is 1.90 bits per heavy atom. The van der Waals surface area contributed by atoms with Crippen molar-refractivity contribution in [3.8, 4) is 0 Å². The van der Waals surface area contributed by atoms with E-state index >= 15 is 0 Å². The van der Waals surface area contributed by atoms with E-state index in [0.29, 0.717) is 12.2 Å². The maximum atomic E-state index is 13.1. The summed E-state index contributed by atoms with van der Waals surface area (Å²) in [6, 6.07) is 12.9. The van der Waals surface area contributed by atoms with E-state index in [4.69, 9.17) is 0 Å². The summed E-state index contributed by atoms with van der Waals surface area (Å²) >= 11 is 0. The van der Waals surface area contributed by atoms with Gasteiger partial charge in [0, 0.05) is 17.9 Å². The lowest BCUT2D eigenvalue weighted by molar-refractivity contribution is 0.262. The van der Waals surface area contributed by atoms with Gasteiger partial charge in [0.1, 0.15) is 5.82 Å². The van der Waals surface area contributed by atoms with E-state index < -0.39 is 6.03 Å². The molecule has 4 nitrogen and oxygen atoms in total. The minimum absolute atomic E-state index is 0.389. The fourth-order valence-electron chi connectivity index (χ4n) is 1.91. The summed E-state index contributed by atoms with van der Waals surface area (Å²) < 4.78 is 13.1. The number of urea groups is 1. The van der Waals surface area contributed by atoms with Crippen LogP contribution in [-0.4, -0.2) is 12.6 Å². The van der Waals surface area contributed by atoms with Crippen molar-refractivity contribution in [2.24, 2.45) is 0 Å². The molecule has 2 amide bonds. The fraction of sp³-hybridized carbons (Fsp3) is 0.188. The summed E-state index contributed by atoms with van der Waals surface area (Å²) in [4.78, 5) is 12.0. The highest BCUT2D eigenvalue weighted by molar-refractivity contribution is 6.00. The molecule has 0 heterocycles. The van der Waals surface area contributed by atoms with Crippen LogP contribution >= 0.6 is 0 Å². The van der Waals surface area contributed by atoms with Gasteiger partial charge in [-0.15, -0.1) is 0 Å². The first-order chi connectivity index (χ1) is 10.2. The van der Waals surface area contributed by atoms with E-state index in [2.05, 4.69) is 16.0 Å². The van der Waals surface area contributed by atoms with Crippen molar-refractivity contribution in [2.45, 2.75) is 13.5 Å². The topological polar surface area (TPSA) is 53.2 Å². The Kier molecular flexibility index (Phi) is 5.29. The number of nitrogens with one attached hydrogen (secondary N) is 3. The second kappa shape index (κ2) is 7.40. The predicted octanol–water partition coefficient (Wildman–Crippen LogP) is 3.58. The summed E-state index contributed by atoms with van der Waals surface area (Å²) in [5, 5.41) is 8.59.